The monoisotopic (exact) mass is 614 g/mol. The summed E-state index contributed by atoms with van der Waals surface area (Å²) in [6.07, 6.45) is 7.52. The number of halogens is 1. The van der Waals surface area contributed by atoms with Crippen LogP contribution in [0.25, 0.3) is 56.0 Å². The fraction of sp³-hybridized carbons (Fsp3) is 0.172. The molecule has 6 aromatic rings. The smallest absolute Gasteiger partial charge is 0.238 e. The van der Waals surface area contributed by atoms with Crippen LogP contribution < -0.4 is 10.0 Å². The van der Waals surface area contributed by atoms with Crippen molar-refractivity contribution >= 4 is 43.7 Å². The van der Waals surface area contributed by atoms with Crippen LogP contribution in [0.15, 0.2) is 61.2 Å². The summed E-state index contributed by atoms with van der Waals surface area (Å²) in [7, 11) is 0.173. The summed E-state index contributed by atoms with van der Waals surface area (Å²) in [4.78, 5) is 35.2. The van der Waals surface area contributed by atoms with Crippen molar-refractivity contribution in [2.75, 3.05) is 32.2 Å². The van der Waals surface area contributed by atoms with Crippen LogP contribution in [0.3, 0.4) is 0 Å². The molecular weight excluding hydrogens is 587 g/mol. The van der Waals surface area contributed by atoms with E-state index < -0.39 is 15.8 Å². The Labute approximate surface area is 251 Å². The molecule has 13 nitrogen and oxygen atoms in total. The molecule has 0 saturated heterocycles. The van der Waals surface area contributed by atoms with Gasteiger partial charge in [0.05, 0.1) is 42.1 Å². The Morgan fingerprint density at radius 1 is 1.05 bits per heavy atom. The van der Waals surface area contributed by atoms with Crippen LogP contribution in [0, 0.1) is 5.82 Å². The molecule has 4 N–H and O–H groups in total. The predicted molar refractivity (Wildman–Crippen MR) is 164 cm³/mol. The number of aromatic nitrogens is 7. The summed E-state index contributed by atoms with van der Waals surface area (Å²) in [5, 5.41) is 11.0. The SMILES string of the molecule is CN(C)CC(=O)Nc1cncc(-c2cc3c(-c4nc5c(-c6cc(F)cc(CNS(C)(=O)=O)c6)ccnc5[nH]4)n[nH]c3cn2)c1. The quantitative estimate of drug-likeness (QED) is 0.190. The number of nitrogens with zero attached hydrogens (tertiary/aromatic N) is 6. The maximum absolute atomic E-state index is 14.6. The first-order valence-corrected chi connectivity index (χ1v) is 15.3. The Balaban J connectivity index is 1.36. The molecule has 15 heteroatoms. The van der Waals surface area contributed by atoms with Crippen LogP contribution in [0.2, 0.25) is 0 Å². The van der Waals surface area contributed by atoms with Crippen LogP contribution >= 0.6 is 0 Å². The number of anilines is 1. The Morgan fingerprint density at radius 3 is 2.68 bits per heavy atom. The molecule has 0 aliphatic carbocycles. The number of fused-ring (bicyclic) bond motifs is 2. The molecule has 0 spiro atoms. The average molecular weight is 615 g/mol. The number of H-pyrrole nitrogens is 2. The van der Waals surface area contributed by atoms with Crippen molar-refractivity contribution in [3.05, 3.63) is 72.6 Å². The van der Waals surface area contributed by atoms with Crippen LogP contribution in [-0.4, -0.2) is 81.2 Å². The van der Waals surface area contributed by atoms with E-state index in [0.717, 1.165) is 11.6 Å². The zero-order chi connectivity index (χ0) is 31.0. The van der Waals surface area contributed by atoms with E-state index in [0.29, 0.717) is 61.8 Å². The van der Waals surface area contributed by atoms with Gasteiger partial charge >= 0.3 is 0 Å². The van der Waals surface area contributed by atoms with Crippen molar-refractivity contribution in [3.8, 4) is 33.9 Å². The molecule has 0 aliphatic rings. The Hall–Kier alpha value is -5.12. The number of carbonyl (C=O) groups excluding carboxylic acids is 1. The average Bonchev–Trinajstić information content (AvgIpc) is 3.59. The summed E-state index contributed by atoms with van der Waals surface area (Å²) in [6, 6.07) is 9.71. The van der Waals surface area contributed by atoms with Gasteiger partial charge in [0.25, 0.3) is 0 Å². The molecule has 0 saturated carbocycles. The van der Waals surface area contributed by atoms with Crippen molar-refractivity contribution in [2.45, 2.75) is 6.54 Å². The van der Waals surface area contributed by atoms with Crippen molar-refractivity contribution < 1.29 is 17.6 Å². The van der Waals surface area contributed by atoms with Crippen molar-refractivity contribution in [2.24, 2.45) is 0 Å². The molecule has 5 heterocycles. The molecule has 1 aromatic carbocycles. The molecular formula is C29H27FN10O3S. The van der Waals surface area contributed by atoms with Gasteiger partial charge in [0.15, 0.2) is 11.5 Å². The highest BCUT2D eigenvalue weighted by Crippen LogP contribution is 2.32. The summed E-state index contributed by atoms with van der Waals surface area (Å²) in [5.74, 6) is -0.239. The minimum absolute atomic E-state index is 0.0554. The van der Waals surface area contributed by atoms with E-state index in [4.69, 9.17) is 4.98 Å². The maximum atomic E-state index is 14.6. The standard InChI is InChI=1S/C29H27FN10O3S/c1-40(2)15-25(41)35-20-9-18(12-31-13-20)23-10-22-24(14-33-23)38-39-27(22)29-36-26-21(4-5-32-28(26)37-29)17-6-16(7-19(30)8-17)11-34-44(3,42)43/h4-10,12-14,34H,11,15H2,1-3H3,(H,35,41)(H,38,39)(H,32,36,37). The van der Waals surface area contributed by atoms with E-state index in [9.17, 15) is 17.6 Å². The minimum Gasteiger partial charge on any atom is -0.324 e. The lowest BCUT2D eigenvalue weighted by atomic mass is 10.0. The summed E-state index contributed by atoms with van der Waals surface area (Å²) in [5.41, 5.74) is 5.60. The molecule has 0 unspecified atom stereocenters. The highest BCUT2D eigenvalue weighted by Gasteiger charge is 2.18. The number of sulfonamides is 1. The summed E-state index contributed by atoms with van der Waals surface area (Å²) in [6.45, 7) is 0.182. The largest absolute Gasteiger partial charge is 0.324 e. The molecule has 5 aromatic heterocycles. The highest BCUT2D eigenvalue weighted by atomic mass is 32.2. The molecule has 0 atom stereocenters. The number of nitrogens with one attached hydrogen (secondary N) is 4. The fourth-order valence-electron chi connectivity index (χ4n) is 4.77. The molecule has 0 fully saturated rings. The van der Waals surface area contributed by atoms with Crippen LogP contribution in [0.1, 0.15) is 5.56 Å². The second-order valence-electron chi connectivity index (χ2n) is 10.5. The number of hydrogen-bond donors (Lipinski definition) is 4. The van der Waals surface area contributed by atoms with Crippen LogP contribution in [0.4, 0.5) is 10.1 Å². The zero-order valence-electron chi connectivity index (χ0n) is 23.9. The third kappa shape index (κ3) is 6.29. The molecule has 224 valence electrons. The van der Waals surface area contributed by atoms with Crippen molar-refractivity contribution in [1.29, 1.82) is 0 Å². The summed E-state index contributed by atoms with van der Waals surface area (Å²) < 4.78 is 40.1. The van der Waals surface area contributed by atoms with Crippen LogP contribution in [0.5, 0.6) is 0 Å². The number of benzene rings is 1. The van der Waals surface area contributed by atoms with Crippen molar-refractivity contribution in [3.63, 3.8) is 0 Å². The highest BCUT2D eigenvalue weighted by molar-refractivity contribution is 7.88. The Bertz CT molecular complexity index is 2140. The van der Waals surface area contributed by atoms with E-state index >= 15 is 0 Å². The van der Waals surface area contributed by atoms with E-state index in [-0.39, 0.29) is 19.0 Å². The van der Waals surface area contributed by atoms with Gasteiger partial charge in [-0.15, -0.1) is 0 Å². The van der Waals surface area contributed by atoms with Gasteiger partial charge < -0.3 is 15.2 Å². The number of imidazole rings is 1. The molecule has 6 rings (SSSR count). The number of pyridine rings is 3. The summed E-state index contributed by atoms with van der Waals surface area (Å²) >= 11 is 0. The molecule has 1 amide bonds. The lowest BCUT2D eigenvalue weighted by Gasteiger charge is -2.10. The number of hydrogen-bond acceptors (Lipinski definition) is 9. The first kappa shape index (κ1) is 29.0. The number of aromatic amines is 2. The van der Waals surface area contributed by atoms with Gasteiger partial charge in [-0.1, -0.05) is 0 Å². The first-order valence-electron chi connectivity index (χ1n) is 13.4. The van der Waals surface area contributed by atoms with Gasteiger partial charge in [-0.05, 0) is 61.6 Å². The molecule has 44 heavy (non-hydrogen) atoms. The molecule has 0 aliphatic heterocycles. The zero-order valence-corrected chi connectivity index (χ0v) is 24.7. The fourth-order valence-corrected chi connectivity index (χ4v) is 5.20. The number of carbonyl (C=O) groups is 1. The second kappa shape index (κ2) is 11.5. The third-order valence-electron chi connectivity index (χ3n) is 6.64. The van der Waals surface area contributed by atoms with Crippen LogP contribution in [-0.2, 0) is 21.4 Å². The van der Waals surface area contributed by atoms with Crippen molar-refractivity contribution in [1.82, 2.24) is 44.7 Å². The maximum Gasteiger partial charge on any atom is 0.238 e. The normalized spacial score (nSPS) is 11.9. The van der Waals surface area contributed by atoms with E-state index in [2.05, 4.69) is 40.2 Å². The van der Waals surface area contributed by atoms with Gasteiger partial charge in [-0.3, -0.25) is 19.9 Å². The lowest BCUT2D eigenvalue weighted by Crippen LogP contribution is -2.27. The van der Waals surface area contributed by atoms with E-state index in [1.165, 1.54) is 12.1 Å². The molecule has 0 bridgehead atoms. The van der Waals surface area contributed by atoms with Gasteiger partial charge in [0, 0.05) is 35.5 Å². The first-order chi connectivity index (χ1) is 21.0. The minimum atomic E-state index is -3.46. The van der Waals surface area contributed by atoms with Gasteiger partial charge in [-0.25, -0.2) is 27.5 Å². The predicted octanol–water partition coefficient (Wildman–Crippen LogP) is 3.31. The van der Waals surface area contributed by atoms with Gasteiger partial charge in [0.2, 0.25) is 15.9 Å². The van der Waals surface area contributed by atoms with Gasteiger partial charge in [0.1, 0.15) is 17.0 Å². The number of likely N-dealkylation sites (N-methyl/N-ethyl adjacent to an activating group) is 1. The van der Waals surface area contributed by atoms with E-state index in [1.54, 1.807) is 47.9 Å². The Morgan fingerprint density at radius 2 is 1.89 bits per heavy atom. The lowest BCUT2D eigenvalue weighted by molar-refractivity contribution is -0.116. The van der Waals surface area contributed by atoms with Gasteiger partial charge in [-0.2, -0.15) is 5.10 Å². The number of amides is 1. The van der Waals surface area contributed by atoms with E-state index in [1.807, 2.05) is 20.2 Å². The topological polar surface area (TPSA) is 175 Å². The molecule has 0 radical (unpaired) electrons. The third-order valence-corrected chi connectivity index (χ3v) is 7.31. The Kier molecular flexibility index (Phi) is 7.59. The second-order valence-corrected chi connectivity index (χ2v) is 12.4. The number of rotatable bonds is 9.